The Morgan fingerprint density at radius 2 is 2.17 bits per heavy atom. The van der Waals surface area contributed by atoms with E-state index in [0.717, 1.165) is 10.9 Å². The van der Waals surface area contributed by atoms with Crippen molar-refractivity contribution >= 4 is 44.5 Å². The average Bonchev–Trinajstić information content (AvgIpc) is 3.10. The van der Waals surface area contributed by atoms with Crippen LogP contribution >= 0.6 is 27.7 Å². The maximum Gasteiger partial charge on any atom is 0.247 e. The molecular formula is C17H16BrN3O2S. The number of aromatic nitrogens is 1. The van der Waals surface area contributed by atoms with Gasteiger partial charge in [0, 0.05) is 16.0 Å². The van der Waals surface area contributed by atoms with E-state index in [4.69, 9.17) is 0 Å². The molecule has 0 aliphatic carbocycles. The Balaban J connectivity index is 1.71. The zero-order valence-electron chi connectivity index (χ0n) is 13.2. The van der Waals surface area contributed by atoms with E-state index in [2.05, 4.69) is 27.0 Å². The minimum absolute atomic E-state index is 0.233. The van der Waals surface area contributed by atoms with Crippen molar-refractivity contribution in [3.63, 3.8) is 0 Å². The molecule has 5 nitrogen and oxygen atoms in total. The number of carbonyl (C=O) groups excluding carboxylic acids is 1. The molecule has 2 saturated heterocycles. The highest BCUT2D eigenvalue weighted by Gasteiger charge is 2.72. The Labute approximate surface area is 152 Å². The van der Waals surface area contributed by atoms with Gasteiger partial charge in [0.05, 0.1) is 6.07 Å². The van der Waals surface area contributed by atoms with Crippen LogP contribution in [0.4, 0.5) is 0 Å². The molecule has 124 valence electrons. The van der Waals surface area contributed by atoms with E-state index in [1.54, 1.807) is 16.7 Å². The van der Waals surface area contributed by atoms with Gasteiger partial charge in [-0.1, -0.05) is 34.1 Å². The molecule has 1 aromatic carbocycles. The summed E-state index contributed by atoms with van der Waals surface area (Å²) in [4.78, 5) is 17.6. The molecular weight excluding hydrogens is 390 g/mol. The molecule has 1 unspecified atom stereocenters. The van der Waals surface area contributed by atoms with Crippen molar-refractivity contribution in [1.29, 1.82) is 5.26 Å². The quantitative estimate of drug-likeness (QED) is 0.594. The van der Waals surface area contributed by atoms with Gasteiger partial charge in [0.2, 0.25) is 5.91 Å². The number of benzene rings is 1. The lowest BCUT2D eigenvalue weighted by atomic mass is 9.86. The highest BCUT2D eigenvalue weighted by Crippen LogP contribution is 2.61. The van der Waals surface area contributed by atoms with Gasteiger partial charge in [-0.15, -0.1) is 11.8 Å². The van der Waals surface area contributed by atoms with Crippen molar-refractivity contribution in [2.24, 2.45) is 0 Å². The number of H-pyrrole nitrogens is 1. The molecule has 2 N–H and O–H groups in total. The number of nitrogens with zero attached hydrogens (tertiary/aromatic N) is 2. The maximum absolute atomic E-state index is 12.8. The molecule has 7 heteroatoms. The summed E-state index contributed by atoms with van der Waals surface area (Å²) < 4.78 is -1.48. The molecule has 2 aromatic rings. The van der Waals surface area contributed by atoms with E-state index in [1.165, 1.54) is 0 Å². The Hall–Kier alpha value is -1.49. The summed E-state index contributed by atoms with van der Waals surface area (Å²) in [5, 5.41) is 21.1. The summed E-state index contributed by atoms with van der Waals surface area (Å²) in [6.07, 6.45) is -1.01. The van der Waals surface area contributed by atoms with Crippen LogP contribution in [-0.4, -0.2) is 41.4 Å². The number of para-hydroxylation sites is 1. The van der Waals surface area contributed by atoms with Gasteiger partial charge in [-0.3, -0.25) is 4.79 Å². The first-order valence-electron chi connectivity index (χ1n) is 7.65. The zero-order valence-corrected chi connectivity index (χ0v) is 15.6. The van der Waals surface area contributed by atoms with Gasteiger partial charge >= 0.3 is 0 Å². The van der Waals surface area contributed by atoms with Crippen molar-refractivity contribution in [3.05, 3.63) is 36.0 Å². The fraction of sp³-hybridized carbons (Fsp3) is 0.412. The third-order valence-corrected chi connectivity index (χ3v) is 8.05. The number of aromatic amines is 1. The van der Waals surface area contributed by atoms with Gasteiger partial charge in [0.1, 0.15) is 17.5 Å². The number of nitrogens with one attached hydrogen (secondary N) is 1. The number of hydrogen-bond donors (Lipinski definition) is 2. The van der Waals surface area contributed by atoms with Crippen LogP contribution < -0.4 is 0 Å². The normalized spacial score (nSPS) is 32.3. The number of carbonyl (C=O) groups is 1. The average molecular weight is 406 g/mol. The minimum Gasteiger partial charge on any atom is -0.385 e. The summed E-state index contributed by atoms with van der Waals surface area (Å²) in [5.41, 5.74) is 1.51. The molecule has 0 saturated carbocycles. The van der Waals surface area contributed by atoms with Crippen LogP contribution in [0.1, 0.15) is 25.6 Å². The number of β-lactam (4-membered cyclic amide) rings is 1. The Kier molecular flexibility index (Phi) is 3.34. The summed E-state index contributed by atoms with van der Waals surface area (Å²) in [6, 6.07) is 11.3. The van der Waals surface area contributed by atoms with E-state index < -0.39 is 16.5 Å². The second-order valence-electron chi connectivity index (χ2n) is 6.80. The Morgan fingerprint density at radius 3 is 2.83 bits per heavy atom. The number of hydrogen-bond acceptors (Lipinski definition) is 4. The van der Waals surface area contributed by atoms with Gasteiger partial charge in [-0.2, -0.15) is 5.26 Å². The maximum atomic E-state index is 12.8. The number of halogens is 1. The molecule has 1 amide bonds. The van der Waals surface area contributed by atoms with Crippen molar-refractivity contribution in [1.82, 2.24) is 9.88 Å². The van der Waals surface area contributed by atoms with Crippen LogP contribution in [0.3, 0.4) is 0 Å². The predicted octanol–water partition coefficient (Wildman–Crippen LogP) is 2.92. The second-order valence-corrected chi connectivity index (χ2v) is 9.85. The number of rotatable bonds is 2. The third-order valence-electron chi connectivity index (χ3n) is 4.89. The van der Waals surface area contributed by atoms with Crippen LogP contribution in [-0.2, 0) is 4.79 Å². The summed E-state index contributed by atoms with van der Waals surface area (Å²) in [6.45, 7) is 3.92. The van der Waals surface area contributed by atoms with Crippen LogP contribution in [0.2, 0.25) is 0 Å². The van der Waals surface area contributed by atoms with Crippen LogP contribution in [0.15, 0.2) is 30.3 Å². The molecule has 4 rings (SSSR count). The van der Waals surface area contributed by atoms with Crippen LogP contribution in [0.25, 0.3) is 10.9 Å². The van der Waals surface area contributed by atoms with Gasteiger partial charge < -0.3 is 15.0 Å². The lowest BCUT2D eigenvalue weighted by Gasteiger charge is -2.51. The second kappa shape index (κ2) is 5.01. The SMILES string of the molecule is CC1(C)S[C@H]2N(C(=O)[C@]2(Br)C(O)c2cc3ccccc3[nH]2)[C@H]1C#N. The van der Waals surface area contributed by atoms with E-state index in [-0.39, 0.29) is 16.0 Å². The number of alkyl halides is 1. The monoisotopic (exact) mass is 405 g/mol. The molecule has 0 bridgehead atoms. The summed E-state index contributed by atoms with van der Waals surface area (Å²) in [7, 11) is 0. The van der Waals surface area contributed by atoms with E-state index >= 15 is 0 Å². The molecule has 2 aliphatic rings. The number of amides is 1. The molecule has 4 atom stereocenters. The Bertz CT molecular complexity index is 856. The first-order chi connectivity index (χ1) is 11.3. The van der Waals surface area contributed by atoms with Gasteiger partial charge in [0.15, 0.2) is 4.32 Å². The fourth-order valence-electron chi connectivity index (χ4n) is 3.57. The number of thioether (sulfide) groups is 1. The number of aliphatic hydroxyl groups is 1. The van der Waals surface area contributed by atoms with Crippen molar-refractivity contribution in [2.75, 3.05) is 0 Å². The third kappa shape index (κ3) is 1.88. The van der Waals surface area contributed by atoms with Gasteiger partial charge in [-0.25, -0.2) is 0 Å². The van der Waals surface area contributed by atoms with Crippen LogP contribution in [0, 0.1) is 11.3 Å². The predicted molar refractivity (Wildman–Crippen MR) is 96.6 cm³/mol. The number of aliphatic hydroxyl groups excluding tert-OH is 1. The number of nitriles is 1. The first kappa shape index (κ1) is 16.0. The fourth-order valence-corrected chi connectivity index (χ4v) is 6.12. The van der Waals surface area contributed by atoms with Gasteiger partial charge in [-0.05, 0) is 31.4 Å². The highest BCUT2D eigenvalue weighted by molar-refractivity contribution is 9.10. The first-order valence-corrected chi connectivity index (χ1v) is 9.33. The topological polar surface area (TPSA) is 80.1 Å². The molecule has 0 radical (unpaired) electrons. The lowest BCUT2D eigenvalue weighted by molar-refractivity contribution is -0.153. The number of fused-ring (bicyclic) bond motifs is 2. The smallest absolute Gasteiger partial charge is 0.247 e. The molecule has 3 heterocycles. The van der Waals surface area contributed by atoms with Crippen molar-refractivity contribution in [2.45, 2.75) is 40.4 Å². The van der Waals surface area contributed by atoms with Crippen LogP contribution in [0.5, 0.6) is 0 Å². The van der Waals surface area contributed by atoms with E-state index in [9.17, 15) is 15.2 Å². The molecule has 2 fully saturated rings. The minimum atomic E-state index is -1.11. The Morgan fingerprint density at radius 1 is 1.46 bits per heavy atom. The molecule has 1 aromatic heterocycles. The highest BCUT2D eigenvalue weighted by atomic mass is 79.9. The van der Waals surface area contributed by atoms with Crippen molar-refractivity contribution in [3.8, 4) is 6.07 Å². The molecule has 0 spiro atoms. The van der Waals surface area contributed by atoms with Gasteiger partial charge in [0.25, 0.3) is 0 Å². The zero-order chi connectivity index (χ0) is 17.3. The summed E-state index contributed by atoms with van der Waals surface area (Å²) in [5.74, 6) is -0.233. The lowest BCUT2D eigenvalue weighted by Crippen LogP contribution is -2.71. The van der Waals surface area contributed by atoms with E-state index in [0.29, 0.717) is 5.69 Å². The molecule has 24 heavy (non-hydrogen) atoms. The van der Waals surface area contributed by atoms with E-state index in [1.807, 2.05) is 44.2 Å². The van der Waals surface area contributed by atoms with Crippen molar-refractivity contribution < 1.29 is 9.90 Å². The summed E-state index contributed by atoms with van der Waals surface area (Å²) >= 11 is 5.07. The largest absolute Gasteiger partial charge is 0.385 e. The standard InChI is InChI=1S/C17H16BrN3O2S/c1-16(2)12(8-19)21-14(23)17(18,15(21)24-16)13(22)11-7-9-5-3-4-6-10(9)20-11/h3-7,12-13,15,20,22H,1-2H3/t12-,13?,15+,17+/m0/s1. The molecule has 2 aliphatic heterocycles.